The van der Waals surface area contributed by atoms with Gasteiger partial charge in [-0.25, -0.2) is 5.43 Å². The van der Waals surface area contributed by atoms with Crippen LogP contribution < -0.4 is 15.5 Å². The molecule has 0 atom stereocenters. The predicted molar refractivity (Wildman–Crippen MR) is 109 cm³/mol. The smallest absolute Gasteiger partial charge is 0.329 e. The Morgan fingerprint density at radius 3 is 2.14 bits per heavy atom. The first-order valence-electron chi connectivity index (χ1n) is 8.33. The van der Waals surface area contributed by atoms with Gasteiger partial charge in [0.25, 0.3) is 0 Å². The minimum absolute atomic E-state index is 0.460. The molecule has 140 valence electrons. The van der Waals surface area contributed by atoms with Crippen molar-refractivity contribution in [2.24, 2.45) is 5.10 Å². The highest BCUT2D eigenvalue weighted by Gasteiger charge is 2.12. The van der Waals surface area contributed by atoms with E-state index >= 15 is 0 Å². The highest BCUT2D eigenvalue weighted by molar-refractivity contribution is 6.39. The van der Waals surface area contributed by atoms with Crippen LogP contribution in [-0.2, 0) is 9.59 Å². The summed E-state index contributed by atoms with van der Waals surface area (Å²) in [6.07, 6.45) is 1.41. The molecule has 7 heteroatoms. The summed E-state index contributed by atoms with van der Waals surface area (Å²) in [6.45, 7) is 0. The van der Waals surface area contributed by atoms with Crippen LogP contribution in [0.5, 0.6) is 11.5 Å². The van der Waals surface area contributed by atoms with Crippen molar-refractivity contribution in [3.05, 3.63) is 89.4 Å². The number of rotatable bonds is 5. The molecular formula is C21H16ClN3O3. The summed E-state index contributed by atoms with van der Waals surface area (Å²) in [5, 5.41) is 6.84. The fraction of sp³-hybridized carbons (Fsp3) is 0. The van der Waals surface area contributed by atoms with Crippen molar-refractivity contribution in [2.45, 2.75) is 0 Å². The molecule has 2 amide bonds. The fourth-order valence-electron chi connectivity index (χ4n) is 2.18. The Kier molecular flexibility index (Phi) is 6.38. The van der Waals surface area contributed by atoms with E-state index in [1.807, 2.05) is 30.3 Å². The predicted octanol–water partition coefficient (Wildman–Crippen LogP) is 4.22. The number of nitrogens with one attached hydrogen (secondary N) is 2. The van der Waals surface area contributed by atoms with Crippen LogP contribution >= 0.6 is 11.6 Å². The van der Waals surface area contributed by atoms with Crippen molar-refractivity contribution in [2.75, 3.05) is 5.32 Å². The van der Waals surface area contributed by atoms with E-state index in [2.05, 4.69) is 15.8 Å². The molecule has 0 bridgehead atoms. The monoisotopic (exact) mass is 393 g/mol. The van der Waals surface area contributed by atoms with Gasteiger partial charge in [-0.3, -0.25) is 9.59 Å². The molecule has 0 heterocycles. The Labute approximate surface area is 166 Å². The van der Waals surface area contributed by atoms with Crippen molar-refractivity contribution in [3.63, 3.8) is 0 Å². The van der Waals surface area contributed by atoms with Crippen LogP contribution in [0.3, 0.4) is 0 Å². The number of anilines is 1. The van der Waals surface area contributed by atoms with Crippen LogP contribution in [0.15, 0.2) is 84.0 Å². The van der Waals surface area contributed by atoms with E-state index in [4.69, 9.17) is 16.3 Å². The molecule has 0 aliphatic heterocycles. The highest BCUT2D eigenvalue weighted by Crippen LogP contribution is 2.22. The van der Waals surface area contributed by atoms with Crippen molar-refractivity contribution in [3.8, 4) is 11.5 Å². The third kappa shape index (κ3) is 5.69. The molecule has 2 N–H and O–H groups in total. The molecule has 6 nitrogen and oxygen atoms in total. The van der Waals surface area contributed by atoms with Crippen molar-refractivity contribution >= 4 is 35.3 Å². The maximum atomic E-state index is 11.9. The molecule has 0 aromatic heterocycles. The minimum Gasteiger partial charge on any atom is -0.457 e. The number of carbonyl (C=O) groups excluding carboxylic acids is 2. The summed E-state index contributed by atoms with van der Waals surface area (Å²) >= 11 is 5.79. The van der Waals surface area contributed by atoms with Gasteiger partial charge < -0.3 is 10.1 Å². The van der Waals surface area contributed by atoms with Crippen LogP contribution in [0, 0.1) is 0 Å². The zero-order chi connectivity index (χ0) is 19.8. The van der Waals surface area contributed by atoms with Gasteiger partial charge >= 0.3 is 11.8 Å². The van der Waals surface area contributed by atoms with E-state index in [0.717, 1.165) is 5.56 Å². The Hall–Kier alpha value is -3.64. The lowest BCUT2D eigenvalue weighted by Crippen LogP contribution is -2.32. The number of carbonyl (C=O) groups is 2. The van der Waals surface area contributed by atoms with Crippen LogP contribution in [0.25, 0.3) is 0 Å². The first-order valence-corrected chi connectivity index (χ1v) is 8.71. The lowest BCUT2D eigenvalue weighted by Gasteiger charge is -2.07. The molecule has 0 spiro atoms. The van der Waals surface area contributed by atoms with E-state index in [-0.39, 0.29) is 0 Å². The van der Waals surface area contributed by atoms with Crippen LogP contribution in [0.2, 0.25) is 5.02 Å². The molecule has 28 heavy (non-hydrogen) atoms. The quantitative estimate of drug-likeness (QED) is 0.387. The van der Waals surface area contributed by atoms with Crippen LogP contribution in [0.4, 0.5) is 5.69 Å². The van der Waals surface area contributed by atoms with E-state index in [9.17, 15) is 9.59 Å². The molecule has 0 saturated heterocycles. The molecule has 3 aromatic carbocycles. The number of hydrazone groups is 1. The molecule has 0 fully saturated rings. The Morgan fingerprint density at radius 1 is 0.821 bits per heavy atom. The number of benzene rings is 3. The second-order valence-electron chi connectivity index (χ2n) is 5.64. The van der Waals surface area contributed by atoms with Crippen LogP contribution in [0.1, 0.15) is 5.56 Å². The molecular weight excluding hydrogens is 378 g/mol. The van der Waals surface area contributed by atoms with Gasteiger partial charge in [-0.2, -0.15) is 5.10 Å². The van der Waals surface area contributed by atoms with Crippen molar-refractivity contribution in [1.29, 1.82) is 0 Å². The summed E-state index contributed by atoms with van der Waals surface area (Å²) in [5.74, 6) is -0.391. The van der Waals surface area contributed by atoms with Gasteiger partial charge in [-0.05, 0) is 54.1 Å². The topological polar surface area (TPSA) is 79.8 Å². The number of para-hydroxylation sites is 1. The largest absolute Gasteiger partial charge is 0.457 e. The normalized spacial score (nSPS) is 10.5. The maximum Gasteiger partial charge on any atom is 0.329 e. The van der Waals surface area contributed by atoms with Crippen molar-refractivity contribution < 1.29 is 14.3 Å². The van der Waals surface area contributed by atoms with Gasteiger partial charge in [0.15, 0.2) is 0 Å². The Bertz CT molecular complexity index is 972. The molecule has 0 unspecified atom stereocenters. The fourth-order valence-corrected chi connectivity index (χ4v) is 2.31. The summed E-state index contributed by atoms with van der Waals surface area (Å²) in [7, 11) is 0. The van der Waals surface area contributed by atoms with Gasteiger partial charge in [0.05, 0.1) is 6.21 Å². The molecule has 3 aromatic rings. The minimum atomic E-state index is -0.880. The number of ether oxygens (including phenoxy) is 1. The van der Waals surface area contributed by atoms with E-state index in [1.165, 1.54) is 6.21 Å². The van der Waals surface area contributed by atoms with E-state index < -0.39 is 11.8 Å². The number of amides is 2. The second kappa shape index (κ2) is 9.34. The van der Waals surface area contributed by atoms with Gasteiger partial charge in [0.1, 0.15) is 11.5 Å². The standard InChI is InChI=1S/C21H16ClN3O3/c22-16-8-6-15(7-9-16)14-23-25-21(27)20(26)24-17-10-12-19(13-11-17)28-18-4-2-1-3-5-18/h1-14H,(H,24,26)(H,25,27)/b23-14-. The Balaban J connectivity index is 1.50. The molecule has 0 aliphatic rings. The third-order valence-corrected chi connectivity index (χ3v) is 3.80. The summed E-state index contributed by atoms with van der Waals surface area (Å²) in [4.78, 5) is 23.7. The molecule has 3 rings (SSSR count). The van der Waals surface area contributed by atoms with Crippen LogP contribution in [-0.4, -0.2) is 18.0 Å². The zero-order valence-corrected chi connectivity index (χ0v) is 15.4. The second-order valence-corrected chi connectivity index (χ2v) is 6.08. The number of nitrogens with zero attached hydrogens (tertiary/aromatic N) is 1. The summed E-state index contributed by atoms with van der Waals surface area (Å²) in [6, 6.07) is 22.8. The third-order valence-electron chi connectivity index (χ3n) is 3.55. The lowest BCUT2D eigenvalue weighted by atomic mass is 10.2. The lowest BCUT2D eigenvalue weighted by molar-refractivity contribution is -0.136. The summed E-state index contributed by atoms with van der Waals surface area (Å²) in [5.41, 5.74) is 3.37. The molecule has 0 saturated carbocycles. The van der Waals surface area contributed by atoms with E-state index in [1.54, 1.807) is 48.5 Å². The SMILES string of the molecule is O=C(N/N=C\c1ccc(Cl)cc1)C(=O)Nc1ccc(Oc2ccccc2)cc1. The number of hydrogen-bond donors (Lipinski definition) is 2. The van der Waals surface area contributed by atoms with Crippen molar-refractivity contribution in [1.82, 2.24) is 5.43 Å². The average molecular weight is 394 g/mol. The molecule has 0 aliphatic carbocycles. The van der Waals surface area contributed by atoms with Gasteiger partial charge in [-0.1, -0.05) is 41.9 Å². The number of hydrogen-bond acceptors (Lipinski definition) is 4. The zero-order valence-electron chi connectivity index (χ0n) is 14.6. The van der Waals surface area contributed by atoms with Gasteiger partial charge in [-0.15, -0.1) is 0 Å². The average Bonchev–Trinajstić information content (AvgIpc) is 2.71. The first kappa shape index (κ1) is 19.1. The first-order chi connectivity index (χ1) is 13.6. The Morgan fingerprint density at radius 2 is 1.46 bits per heavy atom. The van der Waals surface area contributed by atoms with Gasteiger partial charge in [0.2, 0.25) is 0 Å². The van der Waals surface area contributed by atoms with E-state index in [0.29, 0.717) is 22.2 Å². The summed E-state index contributed by atoms with van der Waals surface area (Å²) < 4.78 is 5.67. The number of halogens is 1. The highest BCUT2D eigenvalue weighted by atomic mass is 35.5. The maximum absolute atomic E-state index is 11.9. The van der Waals surface area contributed by atoms with Gasteiger partial charge in [0, 0.05) is 10.7 Å². The molecule has 0 radical (unpaired) electrons.